The van der Waals surface area contributed by atoms with E-state index in [1.807, 2.05) is 6.34 Å². The molecule has 2 nitrogen and oxygen atoms in total. The largest absolute Gasteiger partial charge is 0.349 e. The van der Waals surface area contributed by atoms with Gasteiger partial charge < -0.3 is 4.90 Å². The third-order valence-corrected chi connectivity index (χ3v) is 4.60. The van der Waals surface area contributed by atoms with Crippen LogP contribution < -0.4 is 0 Å². The molecule has 1 heterocycles. The standard InChI is InChI=1S/C19H22N2/c1-5-21-13-20-18-12-14(2)10-11-17(18)19(21,4)16-9-7-6-8-15(16)3/h6-13H,5H2,1-4H3. The highest BCUT2D eigenvalue weighted by Crippen LogP contribution is 2.43. The normalized spacial score (nSPS) is 20.5. The number of rotatable bonds is 2. The van der Waals surface area contributed by atoms with Gasteiger partial charge in [0.1, 0.15) is 0 Å². The van der Waals surface area contributed by atoms with Crippen LogP contribution in [0.4, 0.5) is 5.69 Å². The second-order valence-corrected chi connectivity index (χ2v) is 5.94. The third-order valence-electron chi connectivity index (χ3n) is 4.60. The first-order valence-corrected chi connectivity index (χ1v) is 7.55. The molecule has 0 fully saturated rings. The fraction of sp³-hybridized carbons (Fsp3) is 0.316. The third kappa shape index (κ3) is 2.06. The number of aryl methyl sites for hydroxylation is 2. The summed E-state index contributed by atoms with van der Waals surface area (Å²) < 4.78 is 0. The van der Waals surface area contributed by atoms with Gasteiger partial charge in [0.05, 0.1) is 17.6 Å². The highest BCUT2D eigenvalue weighted by molar-refractivity contribution is 5.72. The van der Waals surface area contributed by atoms with Gasteiger partial charge in [-0.25, -0.2) is 4.99 Å². The quantitative estimate of drug-likeness (QED) is 0.786. The Morgan fingerprint density at radius 1 is 1.05 bits per heavy atom. The van der Waals surface area contributed by atoms with Crippen molar-refractivity contribution in [1.82, 2.24) is 4.90 Å². The van der Waals surface area contributed by atoms with Gasteiger partial charge in [-0.15, -0.1) is 0 Å². The van der Waals surface area contributed by atoms with E-state index in [0.29, 0.717) is 0 Å². The Kier molecular flexibility index (Phi) is 3.32. The summed E-state index contributed by atoms with van der Waals surface area (Å²) in [5.41, 5.74) is 6.13. The van der Waals surface area contributed by atoms with Crippen molar-refractivity contribution in [1.29, 1.82) is 0 Å². The molecule has 0 spiro atoms. The van der Waals surface area contributed by atoms with Crippen LogP contribution in [0.5, 0.6) is 0 Å². The molecule has 2 aromatic rings. The number of hydrogen-bond donors (Lipinski definition) is 0. The molecular formula is C19H22N2. The van der Waals surface area contributed by atoms with E-state index >= 15 is 0 Å². The smallest absolute Gasteiger partial charge is 0.0922 e. The van der Waals surface area contributed by atoms with Gasteiger partial charge in [0.25, 0.3) is 0 Å². The first-order chi connectivity index (χ1) is 10.1. The fourth-order valence-corrected chi connectivity index (χ4v) is 3.38. The molecule has 0 saturated carbocycles. The van der Waals surface area contributed by atoms with Gasteiger partial charge >= 0.3 is 0 Å². The maximum absolute atomic E-state index is 4.66. The highest BCUT2D eigenvalue weighted by atomic mass is 15.2. The first-order valence-electron chi connectivity index (χ1n) is 7.55. The van der Waals surface area contributed by atoms with Gasteiger partial charge in [0, 0.05) is 12.1 Å². The van der Waals surface area contributed by atoms with E-state index in [4.69, 9.17) is 0 Å². The van der Waals surface area contributed by atoms with E-state index in [9.17, 15) is 0 Å². The summed E-state index contributed by atoms with van der Waals surface area (Å²) in [5.74, 6) is 0. The molecule has 1 aliphatic rings. The number of fused-ring (bicyclic) bond motifs is 1. The van der Waals surface area contributed by atoms with E-state index in [-0.39, 0.29) is 5.54 Å². The molecule has 1 aliphatic heterocycles. The van der Waals surface area contributed by atoms with Crippen molar-refractivity contribution >= 4 is 12.0 Å². The Hall–Kier alpha value is -2.09. The molecule has 2 aromatic carbocycles. The summed E-state index contributed by atoms with van der Waals surface area (Å²) in [5, 5.41) is 0. The predicted molar refractivity (Wildman–Crippen MR) is 89.3 cm³/mol. The van der Waals surface area contributed by atoms with Crippen molar-refractivity contribution in [3.05, 3.63) is 64.7 Å². The average molecular weight is 278 g/mol. The number of benzene rings is 2. The minimum absolute atomic E-state index is 0.162. The molecule has 0 radical (unpaired) electrons. The predicted octanol–water partition coefficient (Wildman–Crippen LogP) is 4.56. The number of aliphatic imine (C=N–C) groups is 1. The van der Waals surface area contributed by atoms with E-state index in [1.54, 1.807) is 0 Å². The van der Waals surface area contributed by atoms with Crippen molar-refractivity contribution in [3.63, 3.8) is 0 Å². The van der Waals surface area contributed by atoms with Gasteiger partial charge in [-0.2, -0.15) is 0 Å². The SMILES string of the molecule is CCN1C=Nc2cc(C)ccc2C1(C)c1ccccc1C. The Morgan fingerprint density at radius 3 is 2.52 bits per heavy atom. The number of hydrogen-bond acceptors (Lipinski definition) is 2. The molecule has 0 N–H and O–H groups in total. The zero-order valence-corrected chi connectivity index (χ0v) is 13.2. The summed E-state index contributed by atoms with van der Waals surface area (Å²) in [7, 11) is 0. The van der Waals surface area contributed by atoms with Crippen LogP contribution in [0.3, 0.4) is 0 Å². The van der Waals surface area contributed by atoms with Crippen molar-refractivity contribution in [2.45, 2.75) is 33.2 Å². The lowest BCUT2D eigenvalue weighted by Crippen LogP contribution is -2.46. The molecular weight excluding hydrogens is 256 g/mol. The molecule has 0 aliphatic carbocycles. The average Bonchev–Trinajstić information content (AvgIpc) is 2.47. The molecule has 0 aromatic heterocycles. The highest BCUT2D eigenvalue weighted by Gasteiger charge is 2.38. The van der Waals surface area contributed by atoms with Gasteiger partial charge in [0.2, 0.25) is 0 Å². The van der Waals surface area contributed by atoms with Crippen molar-refractivity contribution < 1.29 is 0 Å². The zero-order chi connectivity index (χ0) is 15.0. The van der Waals surface area contributed by atoms with Crippen molar-refractivity contribution in [3.8, 4) is 0 Å². The van der Waals surface area contributed by atoms with Crippen LogP contribution in [0.15, 0.2) is 47.5 Å². The van der Waals surface area contributed by atoms with Crippen LogP contribution in [-0.2, 0) is 5.54 Å². The molecule has 108 valence electrons. The van der Waals surface area contributed by atoms with E-state index < -0.39 is 0 Å². The lowest BCUT2D eigenvalue weighted by atomic mass is 9.79. The lowest BCUT2D eigenvalue weighted by molar-refractivity contribution is 0.255. The van der Waals surface area contributed by atoms with Crippen LogP contribution >= 0.6 is 0 Å². The van der Waals surface area contributed by atoms with Crippen molar-refractivity contribution in [2.75, 3.05) is 6.54 Å². The molecule has 0 bridgehead atoms. The van der Waals surface area contributed by atoms with Crippen LogP contribution in [0.25, 0.3) is 0 Å². The summed E-state index contributed by atoms with van der Waals surface area (Å²) in [6.07, 6.45) is 1.99. The first kappa shape index (κ1) is 13.9. The number of nitrogens with zero attached hydrogens (tertiary/aromatic N) is 2. The van der Waals surface area contributed by atoms with Crippen LogP contribution in [0, 0.1) is 13.8 Å². The Labute approximate surface area is 127 Å². The summed E-state index contributed by atoms with van der Waals surface area (Å²) in [4.78, 5) is 6.98. The van der Waals surface area contributed by atoms with Gasteiger partial charge in [-0.05, 0) is 50.5 Å². The Balaban J connectivity index is 2.28. The maximum atomic E-state index is 4.66. The molecule has 0 amide bonds. The van der Waals surface area contributed by atoms with Gasteiger partial charge in [-0.3, -0.25) is 0 Å². The lowest BCUT2D eigenvalue weighted by Gasteiger charge is -2.44. The van der Waals surface area contributed by atoms with Gasteiger partial charge in [-0.1, -0.05) is 36.4 Å². The molecule has 21 heavy (non-hydrogen) atoms. The van der Waals surface area contributed by atoms with Crippen LogP contribution in [0.1, 0.15) is 36.1 Å². The Bertz CT molecular complexity index is 702. The van der Waals surface area contributed by atoms with Crippen molar-refractivity contribution in [2.24, 2.45) is 4.99 Å². The Morgan fingerprint density at radius 2 is 1.81 bits per heavy atom. The molecule has 1 atom stereocenters. The van der Waals surface area contributed by atoms with E-state index in [1.165, 1.54) is 22.3 Å². The summed E-state index contributed by atoms with van der Waals surface area (Å²) in [6.45, 7) is 9.72. The second kappa shape index (κ2) is 5.03. The van der Waals surface area contributed by atoms with Gasteiger partial charge in [0.15, 0.2) is 0 Å². The van der Waals surface area contributed by atoms with E-state index in [2.05, 4.69) is 80.1 Å². The second-order valence-electron chi connectivity index (χ2n) is 5.94. The van der Waals surface area contributed by atoms with Crippen LogP contribution in [-0.4, -0.2) is 17.8 Å². The molecule has 3 rings (SSSR count). The zero-order valence-electron chi connectivity index (χ0n) is 13.2. The van der Waals surface area contributed by atoms with E-state index in [0.717, 1.165) is 12.2 Å². The monoisotopic (exact) mass is 278 g/mol. The summed E-state index contributed by atoms with van der Waals surface area (Å²) in [6, 6.07) is 15.2. The fourth-order valence-electron chi connectivity index (χ4n) is 3.38. The minimum atomic E-state index is -0.162. The molecule has 0 saturated heterocycles. The van der Waals surface area contributed by atoms with Crippen LogP contribution in [0.2, 0.25) is 0 Å². The maximum Gasteiger partial charge on any atom is 0.0922 e. The summed E-state index contributed by atoms with van der Waals surface area (Å²) >= 11 is 0. The molecule has 1 unspecified atom stereocenters. The topological polar surface area (TPSA) is 15.6 Å². The minimum Gasteiger partial charge on any atom is -0.349 e. The molecule has 2 heteroatoms.